The molecule has 0 aromatic heterocycles. The van der Waals surface area contributed by atoms with Gasteiger partial charge in [0.1, 0.15) is 0 Å². The molecule has 2 N–H and O–H groups in total. The molecule has 0 aliphatic heterocycles. The molecule has 1 radical (unpaired) electrons. The molecule has 2 heteroatoms. The van der Waals surface area contributed by atoms with Gasteiger partial charge in [0.2, 0.25) is 7.41 Å². The first-order chi connectivity index (χ1) is 2.81. The number of rotatable bonds is 2. The zero-order valence-electron chi connectivity index (χ0n) is 4.44. The lowest BCUT2D eigenvalue weighted by molar-refractivity contribution is 0.867. The molecule has 0 aliphatic carbocycles. The molecule has 0 amide bonds. The molecule has 0 saturated carbocycles. The summed E-state index contributed by atoms with van der Waals surface area (Å²) in [5.74, 6) is 0.588. The number of nitrogens with two attached hydrogens (primary N) is 1. The minimum absolute atomic E-state index is 0.588. The quantitative estimate of drug-likeness (QED) is 0.491. The lowest BCUT2D eigenvalue weighted by Gasteiger charge is -1.96. The maximum absolute atomic E-state index is 5.16. The van der Waals surface area contributed by atoms with Gasteiger partial charge in [-0.1, -0.05) is 26.1 Å². The van der Waals surface area contributed by atoms with Crippen LogP contribution in [0.3, 0.4) is 0 Å². The molecule has 0 aliphatic rings. The normalized spacial score (nSPS) is 13.8. The fourth-order valence-corrected chi connectivity index (χ4v) is 0.136. The van der Waals surface area contributed by atoms with Crippen molar-refractivity contribution < 1.29 is 0 Å². The van der Waals surface area contributed by atoms with E-state index in [1.54, 1.807) is 7.41 Å². The molecule has 0 fully saturated rings. The van der Waals surface area contributed by atoms with E-state index in [-0.39, 0.29) is 0 Å². The highest BCUT2D eigenvalue weighted by molar-refractivity contribution is 6.32. The summed E-state index contributed by atoms with van der Waals surface area (Å²) in [6.45, 7) is 4.22. The van der Waals surface area contributed by atoms with Crippen LogP contribution < -0.4 is 5.64 Å². The van der Waals surface area contributed by atoms with Gasteiger partial charge in [0.25, 0.3) is 0 Å². The van der Waals surface area contributed by atoms with E-state index >= 15 is 0 Å². The van der Waals surface area contributed by atoms with Crippen molar-refractivity contribution >= 4 is 7.41 Å². The van der Waals surface area contributed by atoms with Crippen LogP contribution in [0, 0.1) is 0 Å². The molecule has 0 bridgehead atoms. The van der Waals surface area contributed by atoms with E-state index in [0.29, 0.717) is 5.82 Å². The van der Waals surface area contributed by atoms with Gasteiger partial charge in [-0.25, -0.2) is 0 Å². The van der Waals surface area contributed by atoms with Crippen molar-refractivity contribution in [3.63, 3.8) is 0 Å². The molecule has 0 spiro atoms. The first-order valence-electron chi connectivity index (χ1n) is 2.36. The average molecular weight is 84.0 g/mol. The summed E-state index contributed by atoms with van der Waals surface area (Å²) in [5, 5.41) is 0. The Morgan fingerprint density at radius 2 is 2.33 bits per heavy atom. The van der Waals surface area contributed by atoms with Crippen LogP contribution in [0.4, 0.5) is 0 Å². The Kier molecular flexibility index (Phi) is 3.24. The first kappa shape index (κ1) is 6.02. The Hall–Kier alpha value is 0.0249. The van der Waals surface area contributed by atoms with Gasteiger partial charge in [-0.3, -0.25) is 0 Å². The molecule has 0 saturated heterocycles. The molecule has 1 nitrogen and oxygen atoms in total. The van der Waals surface area contributed by atoms with Crippen LogP contribution in [0.25, 0.3) is 0 Å². The minimum Gasteiger partial charge on any atom is -0.374 e. The Labute approximate surface area is 40.2 Å². The maximum Gasteiger partial charge on any atom is 0.205 e. The van der Waals surface area contributed by atoms with Crippen LogP contribution >= 0.6 is 0 Å². The van der Waals surface area contributed by atoms with Gasteiger partial charge in [-0.15, -0.1) is 0 Å². The molecule has 35 valence electrons. The van der Waals surface area contributed by atoms with Crippen LogP contribution in [-0.2, 0) is 0 Å². The van der Waals surface area contributed by atoms with Gasteiger partial charge in [0.05, 0.1) is 0 Å². The average Bonchev–Trinajstić information content (AvgIpc) is 1.65. The third kappa shape index (κ3) is 2.27. The van der Waals surface area contributed by atoms with Crippen LogP contribution in [0.15, 0.2) is 0 Å². The third-order valence-electron chi connectivity index (χ3n) is 0.972. The van der Waals surface area contributed by atoms with Crippen molar-refractivity contribution in [2.75, 3.05) is 0 Å². The largest absolute Gasteiger partial charge is 0.374 e. The fourth-order valence-electron chi connectivity index (χ4n) is 0.136. The van der Waals surface area contributed by atoms with E-state index in [4.69, 9.17) is 5.64 Å². The van der Waals surface area contributed by atoms with E-state index in [1.807, 2.05) is 0 Å². The maximum atomic E-state index is 5.16. The summed E-state index contributed by atoms with van der Waals surface area (Å²) in [6, 6.07) is 0. The van der Waals surface area contributed by atoms with E-state index in [9.17, 15) is 0 Å². The highest BCUT2D eigenvalue weighted by Gasteiger charge is 1.92. The Balaban J connectivity index is 2.75. The van der Waals surface area contributed by atoms with Crippen molar-refractivity contribution in [3.05, 3.63) is 0 Å². The van der Waals surface area contributed by atoms with Crippen molar-refractivity contribution in [3.8, 4) is 0 Å². The first-order valence-corrected chi connectivity index (χ1v) is 2.36. The van der Waals surface area contributed by atoms with Gasteiger partial charge >= 0.3 is 0 Å². The summed E-state index contributed by atoms with van der Waals surface area (Å²) < 4.78 is 0. The van der Waals surface area contributed by atoms with E-state index in [0.717, 1.165) is 6.42 Å². The predicted octanol–water partition coefficient (Wildman–Crippen LogP) is 0.783. The van der Waals surface area contributed by atoms with Crippen molar-refractivity contribution in [2.24, 2.45) is 5.64 Å². The summed E-state index contributed by atoms with van der Waals surface area (Å²) in [6.07, 6.45) is 1.15. The SMILES string of the molecule is CCC(C)[B]N. The van der Waals surface area contributed by atoms with Crippen LogP contribution in [0.1, 0.15) is 20.3 Å². The topological polar surface area (TPSA) is 26.0 Å². The summed E-state index contributed by atoms with van der Waals surface area (Å²) in [7, 11) is 1.72. The third-order valence-corrected chi connectivity index (χ3v) is 0.972. The Morgan fingerprint density at radius 1 is 1.83 bits per heavy atom. The van der Waals surface area contributed by atoms with Crippen molar-refractivity contribution in [1.82, 2.24) is 0 Å². The molecule has 1 atom stereocenters. The lowest BCUT2D eigenvalue weighted by atomic mass is 9.77. The highest BCUT2D eigenvalue weighted by Crippen LogP contribution is 2.00. The van der Waals surface area contributed by atoms with Gasteiger partial charge in [0.15, 0.2) is 0 Å². The fraction of sp³-hybridized carbons (Fsp3) is 1.00. The summed E-state index contributed by atoms with van der Waals surface area (Å²) in [4.78, 5) is 0. The zero-order valence-corrected chi connectivity index (χ0v) is 4.44. The van der Waals surface area contributed by atoms with Crippen LogP contribution in [0.2, 0.25) is 5.82 Å². The molecular formula is C4H11BN. The van der Waals surface area contributed by atoms with Gasteiger partial charge in [-0.05, 0) is 0 Å². The van der Waals surface area contributed by atoms with Crippen LogP contribution in [-0.4, -0.2) is 7.41 Å². The van der Waals surface area contributed by atoms with Gasteiger partial charge in [-0.2, -0.15) is 0 Å². The smallest absolute Gasteiger partial charge is 0.205 e. The van der Waals surface area contributed by atoms with E-state index in [2.05, 4.69) is 13.8 Å². The zero-order chi connectivity index (χ0) is 4.99. The monoisotopic (exact) mass is 84.1 g/mol. The standard InChI is InChI=1S/C4H11BN/c1-3-4(2)5-6/h4H,3,6H2,1-2H3. The Bertz CT molecular complexity index is 26.7. The number of hydrogen-bond donors (Lipinski definition) is 1. The summed E-state index contributed by atoms with van der Waals surface area (Å²) >= 11 is 0. The molecule has 0 aromatic carbocycles. The van der Waals surface area contributed by atoms with Crippen LogP contribution in [0.5, 0.6) is 0 Å². The molecule has 6 heavy (non-hydrogen) atoms. The van der Waals surface area contributed by atoms with Gasteiger partial charge < -0.3 is 5.64 Å². The van der Waals surface area contributed by atoms with Crippen molar-refractivity contribution in [1.29, 1.82) is 0 Å². The second-order valence-corrected chi connectivity index (χ2v) is 1.58. The summed E-state index contributed by atoms with van der Waals surface area (Å²) in [5.41, 5.74) is 5.16. The molecule has 0 aromatic rings. The molecular weight excluding hydrogens is 72.9 g/mol. The second kappa shape index (κ2) is 3.22. The second-order valence-electron chi connectivity index (χ2n) is 1.58. The van der Waals surface area contributed by atoms with E-state index in [1.165, 1.54) is 0 Å². The van der Waals surface area contributed by atoms with Crippen molar-refractivity contribution in [2.45, 2.75) is 26.1 Å². The predicted molar refractivity (Wildman–Crippen MR) is 29.7 cm³/mol. The molecule has 0 heterocycles. The lowest BCUT2D eigenvalue weighted by Crippen LogP contribution is -2.09. The Morgan fingerprint density at radius 3 is 2.33 bits per heavy atom. The molecule has 1 unspecified atom stereocenters. The number of hydrogen-bond acceptors (Lipinski definition) is 1. The molecule has 0 rings (SSSR count). The van der Waals surface area contributed by atoms with E-state index < -0.39 is 0 Å². The van der Waals surface area contributed by atoms with Gasteiger partial charge in [0, 0.05) is 0 Å². The minimum atomic E-state index is 0.588. The highest BCUT2D eigenvalue weighted by atomic mass is 14.4.